The Hall–Kier alpha value is -1.88. The molecule has 2 fully saturated rings. The van der Waals surface area contributed by atoms with Gasteiger partial charge in [0.1, 0.15) is 11.6 Å². The summed E-state index contributed by atoms with van der Waals surface area (Å²) in [7, 11) is 0. The molecule has 0 aromatic heterocycles. The van der Waals surface area contributed by atoms with Crippen LogP contribution in [-0.4, -0.2) is 6.04 Å². The van der Waals surface area contributed by atoms with E-state index in [1.807, 2.05) is 0 Å². The highest BCUT2D eigenvalue weighted by Crippen LogP contribution is 2.45. The molecule has 0 saturated heterocycles. The Morgan fingerprint density at radius 3 is 1.84 bits per heavy atom. The molecule has 2 aromatic rings. The minimum atomic E-state index is -1.12. The summed E-state index contributed by atoms with van der Waals surface area (Å²) >= 11 is 0. The van der Waals surface area contributed by atoms with E-state index in [4.69, 9.17) is 5.73 Å². The molecule has 0 radical (unpaired) electrons. The Morgan fingerprint density at radius 2 is 1.31 bits per heavy atom. The van der Waals surface area contributed by atoms with Crippen LogP contribution in [0.1, 0.15) is 76.2 Å². The number of hydrogen-bond acceptors (Lipinski definition) is 1. The highest BCUT2D eigenvalue weighted by molar-refractivity contribution is 5.65. The van der Waals surface area contributed by atoms with Gasteiger partial charge in [-0.25, -0.2) is 17.6 Å². The fourth-order valence-electron chi connectivity index (χ4n) is 6.06. The summed E-state index contributed by atoms with van der Waals surface area (Å²) in [6, 6.07) is 6.01. The van der Waals surface area contributed by atoms with E-state index in [9.17, 15) is 17.6 Å². The van der Waals surface area contributed by atoms with E-state index in [0.29, 0.717) is 23.4 Å². The van der Waals surface area contributed by atoms with E-state index >= 15 is 0 Å². The van der Waals surface area contributed by atoms with Crippen LogP contribution in [0.25, 0.3) is 11.1 Å². The van der Waals surface area contributed by atoms with Crippen LogP contribution in [0.2, 0.25) is 0 Å². The first kappa shape index (κ1) is 23.3. The van der Waals surface area contributed by atoms with E-state index in [1.54, 1.807) is 0 Å². The topological polar surface area (TPSA) is 26.0 Å². The highest BCUT2D eigenvalue weighted by atomic mass is 19.2. The fourth-order valence-corrected chi connectivity index (χ4v) is 6.06. The lowest BCUT2D eigenvalue weighted by molar-refractivity contribution is 0.149. The molecule has 0 heterocycles. The Labute approximate surface area is 188 Å². The van der Waals surface area contributed by atoms with Gasteiger partial charge in [-0.3, -0.25) is 0 Å². The molecule has 1 atom stereocenters. The van der Waals surface area contributed by atoms with Crippen LogP contribution in [0.4, 0.5) is 17.6 Å². The van der Waals surface area contributed by atoms with Crippen molar-refractivity contribution in [2.24, 2.45) is 23.5 Å². The zero-order valence-corrected chi connectivity index (χ0v) is 18.7. The summed E-state index contributed by atoms with van der Waals surface area (Å²) in [6.45, 7) is 2.16. The van der Waals surface area contributed by atoms with Crippen molar-refractivity contribution in [3.8, 4) is 11.1 Å². The largest absolute Gasteiger partial charge is 0.327 e. The molecule has 4 rings (SSSR count). The van der Waals surface area contributed by atoms with Crippen LogP contribution < -0.4 is 5.73 Å². The third-order valence-electron chi connectivity index (χ3n) is 8.08. The maximum atomic E-state index is 14.8. The van der Waals surface area contributed by atoms with Crippen molar-refractivity contribution >= 4 is 0 Å². The number of nitrogens with two attached hydrogens (primary N) is 1. The third kappa shape index (κ3) is 4.88. The van der Waals surface area contributed by atoms with Gasteiger partial charge >= 0.3 is 0 Å². The van der Waals surface area contributed by atoms with Gasteiger partial charge in [-0.1, -0.05) is 13.0 Å². The van der Waals surface area contributed by atoms with Crippen molar-refractivity contribution in [3.05, 3.63) is 59.2 Å². The molecule has 0 aliphatic heterocycles. The molecule has 5 heteroatoms. The summed E-state index contributed by atoms with van der Waals surface area (Å²) in [4.78, 5) is 0. The van der Waals surface area contributed by atoms with Crippen LogP contribution in [0.5, 0.6) is 0 Å². The minimum absolute atomic E-state index is 0.00699. The third-order valence-corrected chi connectivity index (χ3v) is 8.08. The van der Waals surface area contributed by atoms with Crippen molar-refractivity contribution in [2.75, 3.05) is 0 Å². The molecule has 32 heavy (non-hydrogen) atoms. The highest BCUT2D eigenvalue weighted by Gasteiger charge is 2.33. The number of hydrogen-bond donors (Lipinski definition) is 1. The smallest absolute Gasteiger partial charge is 0.159 e. The molecule has 2 aromatic carbocycles. The van der Waals surface area contributed by atoms with Gasteiger partial charge in [0.25, 0.3) is 0 Å². The predicted octanol–water partition coefficient (Wildman–Crippen LogP) is 7.73. The van der Waals surface area contributed by atoms with Gasteiger partial charge in [-0.15, -0.1) is 0 Å². The molecule has 0 amide bonds. The van der Waals surface area contributed by atoms with E-state index in [1.165, 1.54) is 43.9 Å². The van der Waals surface area contributed by atoms with Gasteiger partial charge in [0.2, 0.25) is 0 Å². The Balaban J connectivity index is 1.39. The maximum absolute atomic E-state index is 14.8. The van der Waals surface area contributed by atoms with Crippen LogP contribution in [-0.2, 0) is 0 Å². The lowest BCUT2D eigenvalue weighted by atomic mass is 9.67. The summed E-state index contributed by atoms with van der Waals surface area (Å²) in [5, 5.41) is 0. The second-order valence-corrected chi connectivity index (χ2v) is 9.85. The summed E-state index contributed by atoms with van der Waals surface area (Å²) in [5.74, 6) is -1.36. The van der Waals surface area contributed by atoms with Gasteiger partial charge < -0.3 is 5.73 Å². The SMILES string of the molecule is CCC(N)C1CCC(C2CCC(c3cc(F)c(-c4ccc(F)c(F)c4)c(F)c3)CC2)CC1. The molecule has 1 unspecified atom stereocenters. The molecule has 174 valence electrons. The van der Waals surface area contributed by atoms with Crippen molar-refractivity contribution in [2.45, 2.75) is 76.7 Å². The first-order valence-electron chi connectivity index (χ1n) is 12.1. The van der Waals surface area contributed by atoms with E-state index in [-0.39, 0.29) is 17.0 Å². The first-order valence-corrected chi connectivity index (χ1v) is 12.1. The molecule has 1 nitrogen and oxygen atoms in total. The average Bonchev–Trinajstić information content (AvgIpc) is 2.80. The van der Waals surface area contributed by atoms with E-state index in [2.05, 4.69) is 6.92 Å². The number of benzene rings is 2. The van der Waals surface area contributed by atoms with Crippen molar-refractivity contribution in [1.29, 1.82) is 0 Å². The van der Waals surface area contributed by atoms with Crippen molar-refractivity contribution in [1.82, 2.24) is 0 Å². The van der Waals surface area contributed by atoms with Gasteiger partial charge in [0, 0.05) is 6.04 Å². The Kier molecular flexibility index (Phi) is 7.24. The summed E-state index contributed by atoms with van der Waals surface area (Å²) in [6.07, 6.45) is 10.0. The lowest BCUT2D eigenvalue weighted by Crippen LogP contribution is -2.34. The monoisotopic (exact) mass is 447 g/mol. The van der Waals surface area contributed by atoms with Crippen LogP contribution in [0.3, 0.4) is 0 Å². The molecule has 2 aliphatic rings. The fraction of sp³-hybridized carbons (Fsp3) is 0.556. The van der Waals surface area contributed by atoms with Gasteiger partial charge in [-0.2, -0.15) is 0 Å². The second kappa shape index (κ2) is 9.94. The van der Waals surface area contributed by atoms with E-state index < -0.39 is 23.3 Å². The number of rotatable bonds is 5. The van der Waals surface area contributed by atoms with Crippen molar-refractivity contribution in [3.63, 3.8) is 0 Å². The first-order chi connectivity index (χ1) is 15.4. The van der Waals surface area contributed by atoms with Crippen LogP contribution >= 0.6 is 0 Å². The Morgan fingerprint density at radius 1 is 0.750 bits per heavy atom. The van der Waals surface area contributed by atoms with Crippen LogP contribution in [0.15, 0.2) is 30.3 Å². The normalized spacial score (nSPS) is 27.3. The minimum Gasteiger partial charge on any atom is -0.327 e. The molecule has 2 N–H and O–H groups in total. The molecule has 2 saturated carbocycles. The van der Waals surface area contributed by atoms with Crippen LogP contribution in [0, 0.1) is 41.0 Å². The molecule has 0 spiro atoms. The van der Waals surface area contributed by atoms with E-state index in [0.717, 1.165) is 50.2 Å². The molecule has 2 aliphatic carbocycles. The molecular weight excluding hydrogens is 414 g/mol. The Bertz CT molecular complexity index is 904. The van der Waals surface area contributed by atoms with Gasteiger partial charge in [-0.05, 0) is 117 Å². The zero-order chi connectivity index (χ0) is 22.8. The molecule has 0 bridgehead atoms. The predicted molar refractivity (Wildman–Crippen MR) is 120 cm³/mol. The molecular formula is C27H33F4N. The maximum Gasteiger partial charge on any atom is 0.159 e. The van der Waals surface area contributed by atoms with Gasteiger partial charge in [0.05, 0.1) is 5.56 Å². The number of halogens is 4. The summed E-state index contributed by atoms with van der Waals surface area (Å²) < 4.78 is 56.4. The quantitative estimate of drug-likeness (QED) is 0.466. The average molecular weight is 448 g/mol. The summed E-state index contributed by atoms with van der Waals surface area (Å²) in [5.41, 5.74) is 6.62. The second-order valence-electron chi connectivity index (χ2n) is 9.85. The van der Waals surface area contributed by atoms with Gasteiger partial charge in [0.15, 0.2) is 11.6 Å². The zero-order valence-electron chi connectivity index (χ0n) is 18.7. The standard InChI is InChI=1S/C27H33F4N/c1-2-26(32)19-9-7-17(8-10-19)16-3-5-18(6-4-16)21-14-24(30)27(25(31)15-21)20-11-12-22(28)23(29)13-20/h11-19,26H,2-10,32H2,1H3. The van der Waals surface area contributed by atoms with Crippen molar-refractivity contribution < 1.29 is 17.6 Å². The lowest BCUT2D eigenvalue weighted by Gasteiger charge is -2.39.